The number of carbonyl (C=O) groups excluding carboxylic acids is 2. The summed E-state index contributed by atoms with van der Waals surface area (Å²) in [6, 6.07) is 6.17. The highest BCUT2D eigenvalue weighted by molar-refractivity contribution is 6.08. The second-order valence-corrected chi connectivity index (χ2v) is 9.82. The summed E-state index contributed by atoms with van der Waals surface area (Å²) in [4.78, 5) is 28.1. The van der Waals surface area contributed by atoms with Crippen LogP contribution in [0.15, 0.2) is 18.2 Å². The van der Waals surface area contributed by atoms with E-state index in [-0.39, 0.29) is 11.9 Å². The number of benzene rings is 1. The molecule has 8 heteroatoms. The Kier molecular flexibility index (Phi) is 5.90. The molecule has 0 radical (unpaired) electrons. The molecular formula is C24H34N6O2. The first-order valence-corrected chi connectivity index (χ1v) is 12.0. The molecule has 3 aliphatic rings. The van der Waals surface area contributed by atoms with Crippen molar-refractivity contribution in [1.82, 2.24) is 25.3 Å². The molecular weight excluding hydrogens is 404 g/mol. The number of imide groups is 1. The Balaban J connectivity index is 1.31. The van der Waals surface area contributed by atoms with Crippen LogP contribution in [0.5, 0.6) is 0 Å². The second kappa shape index (κ2) is 8.83. The van der Waals surface area contributed by atoms with E-state index in [1.807, 2.05) is 11.7 Å². The first-order valence-electron chi connectivity index (χ1n) is 12.0. The van der Waals surface area contributed by atoms with E-state index in [1.54, 1.807) is 4.90 Å². The normalized spacial score (nSPS) is 27.7. The fourth-order valence-electron chi connectivity index (χ4n) is 5.79. The predicted molar refractivity (Wildman–Crippen MR) is 125 cm³/mol. The Bertz CT molecular complexity index is 1010. The van der Waals surface area contributed by atoms with Crippen molar-refractivity contribution >= 4 is 28.7 Å². The van der Waals surface area contributed by atoms with E-state index in [0.29, 0.717) is 30.6 Å². The number of anilines is 1. The summed E-state index contributed by atoms with van der Waals surface area (Å²) < 4.78 is 1.85. The summed E-state index contributed by atoms with van der Waals surface area (Å²) in [6.07, 6.45) is 4.13. The highest BCUT2D eigenvalue weighted by atomic mass is 16.2. The summed E-state index contributed by atoms with van der Waals surface area (Å²) in [7, 11) is 1.92. The zero-order valence-electron chi connectivity index (χ0n) is 19.1. The highest BCUT2D eigenvalue weighted by Gasteiger charge is 2.31. The lowest BCUT2D eigenvalue weighted by Crippen LogP contribution is -2.49. The zero-order valence-corrected chi connectivity index (χ0v) is 19.1. The molecule has 1 aromatic heterocycles. The molecule has 8 nitrogen and oxygen atoms in total. The molecule has 3 aliphatic heterocycles. The summed E-state index contributed by atoms with van der Waals surface area (Å²) in [5.41, 5.74) is 2.39. The van der Waals surface area contributed by atoms with E-state index in [0.717, 1.165) is 36.5 Å². The van der Waals surface area contributed by atoms with Crippen molar-refractivity contribution in [3.63, 3.8) is 0 Å². The van der Waals surface area contributed by atoms with Gasteiger partial charge in [0.05, 0.1) is 5.52 Å². The predicted octanol–water partition coefficient (Wildman–Crippen LogP) is 2.44. The van der Waals surface area contributed by atoms with Gasteiger partial charge in [-0.25, -0.2) is 4.79 Å². The second-order valence-electron chi connectivity index (χ2n) is 9.82. The molecule has 3 fully saturated rings. The summed E-state index contributed by atoms with van der Waals surface area (Å²) in [5.74, 6) is 2.33. The number of carbonyl (C=O) groups is 2. The van der Waals surface area contributed by atoms with Crippen LogP contribution in [0.25, 0.3) is 10.9 Å². The molecule has 0 spiro atoms. The monoisotopic (exact) mass is 438 g/mol. The fraction of sp³-hybridized carbons (Fsp3) is 0.625. The number of fused-ring (bicyclic) bond motifs is 1. The van der Waals surface area contributed by atoms with Crippen molar-refractivity contribution in [3.05, 3.63) is 23.8 Å². The molecule has 32 heavy (non-hydrogen) atoms. The lowest BCUT2D eigenvalue weighted by Gasteiger charge is -2.39. The van der Waals surface area contributed by atoms with Crippen molar-refractivity contribution in [2.45, 2.75) is 38.5 Å². The van der Waals surface area contributed by atoms with Crippen LogP contribution in [-0.2, 0) is 11.8 Å². The van der Waals surface area contributed by atoms with E-state index in [2.05, 4.69) is 45.8 Å². The van der Waals surface area contributed by atoms with Crippen molar-refractivity contribution < 1.29 is 9.59 Å². The smallest absolute Gasteiger partial charge is 0.316 e. The minimum Gasteiger partial charge on any atom is -0.316 e. The maximum absolute atomic E-state index is 12.3. The first kappa shape index (κ1) is 21.4. The molecule has 3 unspecified atom stereocenters. The number of nitrogens with zero attached hydrogens (tertiary/aromatic N) is 4. The van der Waals surface area contributed by atoms with Gasteiger partial charge in [0.25, 0.3) is 0 Å². The van der Waals surface area contributed by atoms with Gasteiger partial charge in [0.15, 0.2) is 5.82 Å². The van der Waals surface area contributed by atoms with Gasteiger partial charge >= 0.3 is 6.03 Å². The first-order chi connectivity index (χ1) is 15.5. The van der Waals surface area contributed by atoms with Crippen LogP contribution >= 0.6 is 0 Å². The largest absolute Gasteiger partial charge is 0.329 e. The van der Waals surface area contributed by atoms with Crippen LogP contribution in [-0.4, -0.2) is 65.9 Å². The number of rotatable bonds is 4. The lowest BCUT2D eigenvalue weighted by atomic mass is 9.81. The van der Waals surface area contributed by atoms with E-state index in [4.69, 9.17) is 0 Å². The lowest BCUT2D eigenvalue weighted by molar-refractivity contribution is -0.120. The SMILES string of the molecule is CC1CN(CC2CCCNC2)CCC1c1ccc2c(N3CCC(=O)NC3=O)nn(C)c2c1. The maximum Gasteiger partial charge on any atom is 0.329 e. The molecule has 1 aromatic carbocycles. The Labute approximate surface area is 189 Å². The average molecular weight is 439 g/mol. The quantitative estimate of drug-likeness (QED) is 0.766. The molecule has 0 aliphatic carbocycles. The third kappa shape index (κ3) is 4.13. The number of aromatic nitrogens is 2. The number of amides is 3. The summed E-state index contributed by atoms with van der Waals surface area (Å²) in [6.45, 7) is 8.60. The molecule has 172 valence electrons. The molecule has 2 aromatic rings. The minimum atomic E-state index is -0.389. The number of nitrogens with one attached hydrogen (secondary N) is 2. The van der Waals surface area contributed by atoms with Gasteiger partial charge in [0.2, 0.25) is 5.91 Å². The number of likely N-dealkylation sites (tertiary alicyclic amines) is 1. The fourth-order valence-corrected chi connectivity index (χ4v) is 5.79. The van der Waals surface area contributed by atoms with Gasteiger partial charge in [-0.3, -0.25) is 19.7 Å². The van der Waals surface area contributed by atoms with E-state index in [9.17, 15) is 9.59 Å². The zero-order chi connectivity index (χ0) is 22.2. The minimum absolute atomic E-state index is 0.228. The molecule has 5 rings (SSSR count). The summed E-state index contributed by atoms with van der Waals surface area (Å²) in [5, 5.41) is 11.5. The Morgan fingerprint density at radius 2 is 2.06 bits per heavy atom. The van der Waals surface area contributed by atoms with E-state index < -0.39 is 0 Å². The number of hydrogen-bond acceptors (Lipinski definition) is 5. The van der Waals surface area contributed by atoms with Crippen LogP contribution in [0.1, 0.15) is 44.1 Å². The Morgan fingerprint density at radius 1 is 1.19 bits per heavy atom. The van der Waals surface area contributed by atoms with E-state index in [1.165, 1.54) is 37.9 Å². The van der Waals surface area contributed by atoms with Crippen LogP contribution in [0, 0.1) is 11.8 Å². The van der Waals surface area contributed by atoms with Crippen molar-refractivity contribution in [2.75, 3.05) is 44.2 Å². The van der Waals surface area contributed by atoms with Gasteiger partial charge in [0, 0.05) is 38.5 Å². The number of urea groups is 1. The van der Waals surface area contributed by atoms with Crippen LogP contribution in [0.4, 0.5) is 10.6 Å². The molecule has 0 saturated carbocycles. The topological polar surface area (TPSA) is 82.5 Å². The van der Waals surface area contributed by atoms with Crippen molar-refractivity contribution in [2.24, 2.45) is 18.9 Å². The van der Waals surface area contributed by atoms with Crippen LogP contribution < -0.4 is 15.5 Å². The molecule has 3 amide bonds. The Morgan fingerprint density at radius 3 is 2.81 bits per heavy atom. The van der Waals surface area contributed by atoms with Crippen LogP contribution in [0.2, 0.25) is 0 Å². The molecule has 3 saturated heterocycles. The molecule has 4 heterocycles. The number of hydrogen-bond donors (Lipinski definition) is 2. The third-order valence-corrected chi connectivity index (χ3v) is 7.50. The number of aryl methyl sites for hydroxylation is 1. The van der Waals surface area contributed by atoms with Gasteiger partial charge < -0.3 is 10.2 Å². The highest BCUT2D eigenvalue weighted by Crippen LogP contribution is 2.36. The molecule has 0 bridgehead atoms. The van der Waals surface area contributed by atoms with Gasteiger partial charge in [-0.1, -0.05) is 13.0 Å². The van der Waals surface area contributed by atoms with Crippen molar-refractivity contribution in [1.29, 1.82) is 0 Å². The molecule has 3 atom stereocenters. The average Bonchev–Trinajstić information content (AvgIpc) is 3.10. The van der Waals surface area contributed by atoms with Crippen molar-refractivity contribution in [3.8, 4) is 0 Å². The van der Waals surface area contributed by atoms with Gasteiger partial charge in [-0.05, 0) is 74.3 Å². The third-order valence-electron chi connectivity index (χ3n) is 7.50. The standard InChI is InChI=1S/C24H34N6O2/c1-16-14-29(15-17-4-3-9-25-13-17)10-7-19(16)18-5-6-20-21(12-18)28(2)27-23(20)30-11-8-22(31)26-24(30)32/h5-6,12,16-17,19,25H,3-4,7-11,13-15H2,1-2H3,(H,26,31,32). The molecule has 2 N–H and O–H groups in total. The van der Waals surface area contributed by atoms with Gasteiger partial charge in [-0.15, -0.1) is 0 Å². The van der Waals surface area contributed by atoms with E-state index >= 15 is 0 Å². The van der Waals surface area contributed by atoms with Crippen LogP contribution in [0.3, 0.4) is 0 Å². The summed E-state index contributed by atoms with van der Waals surface area (Å²) >= 11 is 0. The van der Waals surface area contributed by atoms with Gasteiger partial charge in [-0.2, -0.15) is 5.10 Å². The Hall–Kier alpha value is -2.45. The van der Waals surface area contributed by atoms with Gasteiger partial charge in [0.1, 0.15) is 0 Å². The maximum atomic E-state index is 12.3. The number of piperidine rings is 2.